The van der Waals surface area contributed by atoms with Crippen LogP contribution in [0.4, 0.5) is 0 Å². The molecule has 3 atom stereocenters. The first kappa shape index (κ1) is 21.1. The maximum Gasteiger partial charge on any atom is 0.237 e. The Bertz CT molecular complexity index is 686. The molecule has 1 N–H and O–H groups in total. The zero-order valence-electron chi connectivity index (χ0n) is 17.9. The van der Waals surface area contributed by atoms with E-state index in [4.69, 9.17) is 0 Å². The predicted octanol–water partition coefficient (Wildman–Crippen LogP) is 4.06. The molecule has 1 saturated heterocycles. The highest BCUT2D eigenvalue weighted by Gasteiger charge is 2.35. The second-order valence-electron chi connectivity index (χ2n) is 8.55. The molecule has 3 rings (SSSR count). The van der Waals surface area contributed by atoms with E-state index in [2.05, 4.69) is 53.9 Å². The van der Waals surface area contributed by atoms with Gasteiger partial charge in [-0.15, -0.1) is 6.58 Å². The molecular formula is C24H37N3O. The number of nitrogens with zero attached hydrogens (tertiary/aromatic N) is 2. The summed E-state index contributed by atoms with van der Waals surface area (Å²) in [7, 11) is 4.01. The fourth-order valence-electron chi connectivity index (χ4n) is 4.98. The van der Waals surface area contributed by atoms with Crippen LogP contribution in [-0.2, 0) is 17.8 Å². The summed E-state index contributed by atoms with van der Waals surface area (Å²) in [6.07, 6.45) is 10.0. The Morgan fingerprint density at radius 2 is 2.21 bits per heavy atom. The molecule has 1 aromatic carbocycles. The lowest BCUT2D eigenvalue weighted by atomic mass is 9.95. The molecule has 2 aliphatic rings. The molecule has 154 valence electrons. The van der Waals surface area contributed by atoms with Crippen LogP contribution in [0.3, 0.4) is 0 Å². The van der Waals surface area contributed by atoms with E-state index in [0.717, 1.165) is 31.8 Å². The van der Waals surface area contributed by atoms with Crippen molar-refractivity contribution in [2.24, 2.45) is 0 Å². The standard InChI is InChI=1S/C24H37N3O/c1-5-6-10-23(24(28)25-3)27-17-20-16-19(12-14-22(20)18(27)2)11-13-21-9-7-8-15-26(21)4/h5,12,14,16,18,21,23H,1,6-11,13,15,17H2,2-4H3,(H,25,28). The van der Waals surface area contributed by atoms with E-state index in [1.165, 1.54) is 48.9 Å². The highest BCUT2D eigenvalue weighted by Crippen LogP contribution is 2.36. The van der Waals surface area contributed by atoms with Crippen molar-refractivity contribution in [3.63, 3.8) is 0 Å². The quantitative estimate of drug-likeness (QED) is 0.688. The number of nitrogens with one attached hydrogen (secondary N) is 1. The minimum absolute atomic E-state index is 0.0928. The number of carbonyl (C=O) groups is 1. The van der Waals surface area contributed by atoms with Crippen molar-refractivity contribution < 1.29 is 4.79 Å². The number of hydrogen-bond acceptors (Lipinski definition) is 3. The molecule has 4 heteroatoms. The summed E-state index contributed by atoms with van der Waals surface area (Å²) < 4.78 is 0. The van der Waals surface area contributed by atoms with Gasteiger partial charge in [0.2, 0.25) is 5.91 Å². The van der Waals surface area contributed by atoms with Gasteiger partial charge in [-0.2, -0.15) is 0 Å². The number of hydrogen-bond donors (Lipinski definition) is 1. The fraction of sp³-hybridized carbons (Fsp3) is 0.625. The lowest BCUT2D eigenvalue weighted by Gasteiger charge is -2.32. The molecule has 0 radical (unpaired) electrons. The van der Waals surface area contributed by atoms with Gasteiger partial charge in [-0.3, -0.25) is 9.69 Å². The Morgan fingerprint density at radius 3 is 2.93 bits per heavy atom. The smallest absolute Gasteiger partial charge is 0.237 e. The summed E-state index contributed by atoms with van der Waals surface area (Å²) in [4.78, 5) is 17.4. The maximum absolute atomic E-state index is 12.5. The van der Waals surface area contributed by atoms with Gasteiger partial charge in [0.25, 0.3) is 0 Å². The summed E-state index contributed by atoms with van der Waals surface area (Å²) in [6, 6.07) is 7.91. The molecule has 0 saturated carbocycles. The van der Waals surface area contributed by atoms with Crippen LogP contribution in [0.25, 0.3) is 0 Å². The van der Waals surface area contributed by atoms with Gasteiger partial charge in [0, 0.05) is 25.7 Å². The van der Waals surface area contributed by atoms with E-state index in [1.54, 1.807) is 7.05 Å². The summed E-state index contributed by atoms with van der Waals surface area (Å²) in [5.74, 6) is 0.113. The second kappa shape index (κ2) is 9.71. The molecule has 1 amide bonds. The molecule has 0 spiro atoms. The number of fused-ring (bicyclic) bond motifs is 1. The molecule has 3 unspecified atom stereocenters. The average Bonchev–Trinajstić information content (AvgIpc) is 3.03. The van der Waals surface area contributed by atoms with Gasteiger partial charge in [-0.05, 0) is 75.7 Å². The Balaban J connectivity index is 1.67. The number of piperidine rings is 1. The van der Waals surface area contributed by atoms with E-state index in [-0.39, 0.29) is 18.0 Å². The lowest BCUT2D eigenvalue weighted by molar-refractivity contribution is -0.127. The van der Waals surface area contributed by atoms with Crippen LogP contribution in [0.15, 0.2) is 30.9 Å². The first-order valence-electron chi connectivity index (χ1n) is 10.9. The third-order valence-corrected chi connectivity index (χ3v) is 6.79. The first-order chi connectivity index (χ1) is 13.5. The Labute approximate surface area is 171 Å². The van der Waals surface area contributed by atoms with Gasteiger partial charge in [0.15, 0.2) is 0 Å². The van der Waals surface area contributed by atoms with Crippen molar-refractivity contribution in [2.45, 2.75) is 76.5 Å². The molecule has 0 bridgehead atoms. The highest BCUT2D eigenvalue weighted by atomic mass is 16.2. The minimum atomic E-state index is -0.0928. The third kappa shape index (κ3) is 4.66. The SMILES string of the molecule is C=CCCC(C(=O)NC)N1Cc2cc(CCC3CCCCN3C)ccc2C1C. The van der Waals surface area contributed by atoms with E-state index in [0.29, 0.717) is 0 Å². The topological polar surface area (TPSA) is 35.6 Å². The van der Waals surface area contributed by atoms with Crippen LogP contribution in [-0.4, -0.2) is 48.4 Å². The van der Waals surface area contributed by atoms with Gasteiger partial charge < -0.3 is 10.2 Å². The van der Waals surface area contributed by atoms with Crippen LogP contribution in [0.2, 0.25) is 0 Å². The van der Waals surface area contributed by atoms with Crippen molar-refractivity contribution in [3.05, 3.63) is 47.5 Å². The Kier molecular flexibility index (Phi) is 7.30. The highest BCUT2D eigenvalue weighted by molar-refractivity contribution is 5.81. The Morgan fingerprint density at radius 1 is 1.39 bits per heavy atom. The van der Waals surface area contributed by atoms with Crippen molar-refractivity contribution in [3.8, 4) is 0 Å². The summed E-state index contributed by atoms with van der Waals surface area (Å²) in [5.41, 5.74) is 4.22. The molecule has 4 nitrogen and oxygen atoms in total. The molecular weight excluding hydrogens is 346 g/mol. The lowest BCUT2D eigenvalue weighted by Crippen LogP contribution is -2.44. The number of carbonyl (C=O) groups excluding carboxylic acids is 1. The van der Waals surface area contributed by atoms with Crippen molar-refractivity contribution in [1.82, 2.24) is 15.1 Å². The number of rotatable bonds is 8. The van der Waals surface area contributed by atoms with Gasteiger partial charge in [-0.1, -0.05) is 30.7 Å². The van der Waals surface area contributed by atoms with Crippen molar-refractivity contribution >= 4 is 5.91 Å². The van der Waals surface area contributed by atoms with Crippen LogP contribution >= 0.6 is 0 Å². The average molecular weight is 384 g/mol. The summed E-state index contributed by atoms with van der Waals surface area (Å²) in [6.45, 7) is 8.16. The van der Waals surface area contributed by atoms with Crippen LogP contribution in [0.5, 0.6) is 0 Å². The van der Waals surface area contributed by atoms with Gasteiger partial charge in [-0.25, -0.2) is 0 Å². The number of benzene rings is 1. The predicted molar refractivity (Wildman–Crippen MR) is 116 cm³/mol. The van der Waals surface area contributed by atoms with Gasteiger partial charge >= 0.3 is 0 Å². The molecule has 0 aromatic heterocycles. The number of amides is 1. The van der Waals surface area contributed by atoms with E-state index in [1.807, 2.05) is 6.08 Å². The zero-order valence-corrected chi connectivity index (χ0v) is 17.9. The summed E-state index contributed by atoms with van der Waals surface area (Å²) in [5, 5.41) is 2.85. The molecule has 2 heterocycles. The molecule has 1 aromatic rings. The number of likely N-dealkylation sites (tertiary alicyclic amines) is 1. The third-order valence-electron chi connectivity index (χ3n) is 6.79. The van der Waals surface area contributed by atoms with Crippen LogP contribution < -0.4 is 5.32 Å². The van der Waals surface area contributed by atoms with Crippen LogP contribution in [0.1, 0.15) is 68.2 Å². The number of aryl methyl sites for hydroxylation is 1. The fourth-order valence-corrected chi connectivity index (χ4v) is 4.98. The van der Waals surface area contributed by atoms with Crippen molar-refractivity contribution in [1.29, 1.82) is 0 Å². The largest absolute Gasteiger partial charge is 0.358 e. The molecule has 1 fully saturated rings. The summed E-state index contributed by atoms with van der Waals surface area (Å²) >= 11 is 0. The molecule has 2 aliphatic heterocycles. The van der Waals surface area contributed by atoms with Gasteiger partial charge in [0.1, 0.15) is 0 Å². The number of likely N-dealkylation sites (N-methyl/N-ethyl adjacent to an activating group) is 1. The van der Waals surface area contributed by atoms with Gasteiger partial charge in [0.05, 0.1) is 6.04 Å². The van der Waals surface area contributed by atoms with Crippen LogP contribution in [0, 0.1) is 0 Å². The second-order valence-corrected chi connectivity index (χ2v) is 8.55. The Hall–Kier alpha value is -1.65. The molecule has 28 heavy (non-hydrogen) atoms. The zero-order chi connectivity index (χ0) is 20.1. The van der Waals surface area contributed by atoms with E-state index in [9.17, 15) is 4.79 Å². The first-order valence-corrected chi connectivity index (χ1v) is 10.9. The minimum Gasteiger partial charge on any atom is -0.358 e. The van der Waals surface area contributed by atoms with E-state index >= 15 is 0 Å². The number of allylic oxidation sites excluding steroid dienone is 1. The van der Waals surface area contributed by atoms with Crippen molar-refractivity contribution in [2.75, 3.05) is 20.6 Å². The maximum atomic E-state index is 12.5. The van der Waals surface area contributed by atoms with E-state index < -0.39 is 0 Å². The monoisotopic (exact) mass is 383 g/mol. The molecule has 0 aliphatic carbocycles. The normalized spacial score (nSPS) is 24.0.